The van der Waals surface area contributed by atoms with Crippen molar-refractivity contribution in [1.82, 2.24) is 5.32 Å². The zero-order valence-electron chi connectivity index (χ0n) is 9.26. The molecule has 6 heteroatoms. The van der Waals surface area contributed by atoms with E-state index in [1.54, 1.807) is 0 Å². The van der Waals surface area contributed by atoms with E-state index >= 15 is 0 Å². The number of aliphatic hydroxyl groups is 1. The minimum Gasteiger partial charge on any atom is -0.390 e. The van der Waals surface area contributed by atoms with Crippen LogP contribution in [0.5, 0.6) is 0 Å². The Morgan fingerprint density at radius 1 is 1.38 bits per heavy atom. The van der Waals surface area contributed by atoms with E-state index in [4.69, 9.17) is 4.74 Å². The lowest BCUT2D eigenvalue weighted by molar-refractivity contribution is 0.100. The van der Waals surface area contributed by atoms with E-state index in [-0.39, 0.29) is 17.5 Å². The SMILES string of the molecule is O=S1(=O)CC(O)C(NCCC2CCCO2)C1. The van der Waals surface area contributed by atoms with Gasteiger partial charge in [0.25, 0.3) is 0 Å². The summed E-state index contributed by atoms with van der Waals surface area (Å²) in [6, 6.07) is -0.300. The molecule has 0 radical (unpaired) electrons. The lowest BCUT2D eigenvalue weighted by Crippen LogP contribution is -2.40. The van der Waals surface area contributed by atoms with Crippen LogP contribution in [0.3, 0.4) is 0 Å². The lowest BCUT2D eigenvalue weighted by Gasteiger charge is -2.16. The fourth-order valence-electron chi connectivity index (χ4n) is 2.33. The van der Waals surface area contributed by atoms with Crippen LogP contribution in [0.1, 0.15) is 19.3 Å². The van der Waals surface area contributed by atoms with Crippen LogP contribution in [0.15, 0.2) is 0 Å². The molecule has 2 heterocycles. The minimum absolute atomic E-state index is 0.0552. The fourth-order valence-corrected chi connectivity index (χ4v) is 4.10. The quantitative estimate of drug-likeness (QED) is 0.689. The maximum absolute atomic E-state index is 11.2. The van der Waals surface area contributed by atoms with Crippen molar-refractivity contribution < 1.29 is 18.3 Å². The molecule has 0 aliphatic carbocycles. The first kappa shape index (κ1) is 12.3. The molecule has 0 aromatic heterocycles. The van der Waals surface area contributed by atoms with Crippen LogP contribution in [0.4, 0.5) is 0 Å². The van der Waals surface area contributed by atoms with Gasteiger partial charge in [-0.15, -0.1) is 0 Å². The topological polar surface area (TPSA) is 75.6 Å². The van der Waals surface area contributed by atoms with E-state index in [2.05, 4.69) is 5.32 Å². The van der Waals surface area contributed by atoms with Gasteiger partial charge in [-0.05, 0) is 25.8 Å². The number of aliphatic hydroxyl groups excluding tert-OH is 1. The van der Waals surface area contributed by atoms with Gasteiger partial charge in [0.1, 0.15) is 0 Å². The van der Waals surface area contributed by atoms with E-state index < -0.39 is 15.9 Å². The van der Waals surface area contributed by atoms with Gasteiger partial charge in [-0.2, -0.15) is 0 Å². The van der Waals surface area contributed by atoms with Gasteiger partial charge in [0.05, 0.1) is 23.7 Å². The normalized spacial score (nSPS) is 37.9. The average molecular weight is 249 g/mol. The number of rotatable bonds is 4. The number of sulfone groups is 1. The molecule has 2 aliphatic heterocycles. The van der Waals surface area contributed by atoms with E-state index in [1.165, 1.54) is 0 Å². The third kappa shape index (κ3) is 3.16. The Kier molecular flexibility index (Phi) is 3.84. The molecule has 2 saturated heterocycles. The van der Waals surface area contributed by atoms with Gasteiger partial charge in [0.2, 0.25) is 0 Å². The zero-order valence-corrected chi connectivity index (χ0v) is 10.1. The highest BCUT2D eigenvalue weighted by atomic mass is 32.2. The van der Waals surface area contributed by atoms with Crippen LogP contribution < -0.4 is 5.32 Å². The molecule has 0 aromatic carbocycles. The first-order valence-corrected chi connectivity index (χ1v) is 7.62. The molecule has 0 amide bonds. The van der Waals surface area contributed by atoms with Crippen LogP contribution >= 0.6 is 0 Å². The first-order chi connectivity index (χ1) is 7.57. The van der Waals surface area contributed by atoms with Crippen molar-refractivity contribution in [2.24, 2.45) is 0 Å². The molecule has 3 atom stereocenters. The van der Waals surface area contributed by atoms with Crippen molar-refractivity contribution in [2.75, 3.05) is 24.7 Å². The molecule has 2 fully saturated rings. The monoisotopic (exact) mass is 249 g/mol. The average Bonchev–Trinajstić information content (AvgIpc) is 2.75. The highest BCUT2D eigenvalue weighted by Gasteiger charge is 2.35. The fraction of sp³-hybridized carbons (Fsp3) is 1.00. The third-order valence-electron chi connectivity index (χ3n) is 3.22. The Hall–Kier alpha value is -0.170. The van der Waals surface area contributed by atoms with Crippen molar-refractivity contribution in [2.45, 2.75) is 37.5 Å². The van der Waals surface area contributed by atoms with E-state index in [0.29, 0.717) is 12.6 Å². The summed E-state index contributed by atoms with van der Waals surface area (Å²) in [5.41, 5.74) is 0. The van der Waals surface area contributed by atoms with Crippen molar-refractivity contribution in [3.05, 3.63) is 0 Å². The molecule has 2 aliphatic rings. The van der Waals surface area contributed by atoms with Gasteiger partial charge < -0.3 is 15.2 Å². The maximum atomic E-state index is 11.2. The Morgan fingerprint density at radius 3 is 2.75 bits per heavy atom. The molecule has 94 valence electrons. The second-order valence-electron chi connectivity index (χ2n) is 4.63. The molecular formula is C10H19NO4S. The van der Waals surface area contributed by atoms with Gasteiger partial charge in [-0.1, -0.05) is 0 Å². The molecule has 16 heavy (non-hydrogen) atoms. The molecule has 0 bridgehead atoms. The van der Waals surface area contributed by atoms with Crippen LogP contribution in [-0.2, 0) is 14.6 Å². The summed E-state index contributed by atoms with van der Waals surface area (Å²) in [7, 11) is -3.04. The van der Waals surface area contributed by atoms with Crippen LogP contribution in [0.2, 0.25) is 0 Å². The summed E-state index contributed by atoms with van der Waals surface area (Å²) in [6.07, 6.45) is 2.65. The highest BCUT2D eigenvalue weighted by Crippen LogP contribution is 2.16. The Balaban J connectivity index is 1.70. The Labute approximate surface area is 96.1 Å². The first-order valence-electron chi connectivity index (χ1n) is 5.80. The van der Waals surface area contributed by atoms with Crippen molar-refractivity contribution >= 4 is 9.84 Å². The van der Waals surface area contributed by atoms with E-state index in [0.717, 1.165) is 25.9 Å². The predicted molar refractivity (Wildman–Crippen MR) is 60.0 cm³/mol. The third-order valence-corrected chi connectivity index (χ3v) is 4.94. The molecule has 2 N–H and O–H groups in total. The lowest BCUT2D eigenvalue weighted by atomic mass is 10.1. The van der Waals surface area contributed by atoms with Gasteiger partial charge in [-0.25, -0.2) is 8.42 Å². The second-order valence-corrected chi connectivity index (χ2v) is 6.78. The van der Waals surface area contributed by atoms with Crippen LogP contribution in [0, 0.1) is 0 Å². The summed E-state index contributed by atoms with van der Waals surface area (Å²) in [6.45, 7) is 1.55. The number of nitrogens with one attached hydrogen (secondary N) is 1. The smallest absolute Gasteiger partial charge is 0.154 e. The summed E-state index contributed by atoms with van der Waals surface area (Å²) >= 11 is 0. The Bertz CT molecular complexity index is 324. The number of ether oxygens (including phenoxy) is 1. The summed E-state index contributed by atoms with van der Waals surface area (Å²) in [5, 5.41) is 12.6. The number of hydrogen-bond acceptors (Lipinski definition) is 5. The number of hydrogen-bond donors (Lipinski definition) is 2. The maximum Gasteiger partial charge on any atom is 0.154 e. The zero-order chi connectivity index (χ0) is 11.6. The van der Waals surface area contributed by atoms with E-state index in [1.807, 2.05) is 0 Å². The molecule has 0 aromatic rings. The standard InChI is InChI=1S/C10H19NO4S/c12-10-7-16(13,14)6-9(10)11-4-3-8-2-1-5-15-8/h8-12H,1-7H2. The van der Waals surface area contributed by atoms with Crippen molar-refractivity contribution in [3.63, 3.8) is 0 Å². The Morgan fingerprint density at radius 2 is 2.19 bits per heavy atom. The van der Waals surface area contributed by atoms with Crippen molar-refractivity contribution in [1.29, 1.82) is 0 Å². The summed E-state index contributed by atoms with van der Waals surface area (Å²) in [4.78, 5) is 0. The highest BCUT2D eigenvalue weighted by molar-refractivity contribution is 7.91. The van der Waals surface area contributed by atoms with Crippen molar-refractivity contribution in [3.8, 4) is 0 Å². The van der Waals surface area contributed by atoms with Crippen LogP contribution in [-0.4, -0.2) is 56.4 Å². The molecular weight excluding hydrogens is 230 g/mol. The molecule has 0 spiro atoms. The van der Waals surface area contributed by atoms with Gasteiger partial charge in [0, 0.05) is 12.6 Å². The molecule has 0 saturated carbocycles. The minimum atomic E-state index is -3.04. The largest absolute Gasteiger partial charge is 0.390 e. The summed E-state index contributed by atoms with van der Waals surface area (Å²) in [5.74, 6) is -0.0513. The van der Waals surface area contributed by atoms with Crippen LogP contribution in [0.25, 0.3) is 0 Å². The second kappa shape index (κ2) is 5.00. The molecule has 2 rings (SSSR count). The van der Waals surface area contributed by atoms with Gasteiger partial charge >= 0.3 is 0 Å². The molecule has 3 unspecified atom stereocenters. The summed E-state index contributed by atoms with van der Waals surface area (Å²) < 4.78 is 28.0. The predicted octanol–water partition coefficient (Wildman–Crippen LogP) is -0.697. The molecule has 5 nitrogen and oxygen atoms in total. The van der Waals surface area contributed by atoms with Gasteiger partial charge in [-0.3, -0.25) is 0 Å². The van der Waals surface area contributed by atoms with Gasteiger partial charge in [0.15, 0.2) is 9.84 Å². The van der Waals surface area contributed by atoms with E-state index in [9.17, 15) is 13.5 Å².